The lowest BCUT2D eigenvalue weighted by atomic mass is 10.2. The fraction of sp³-hybridized carbons (Fsp3) is 0.545. The number of nitrogens with zero attached hydrogens (tertiary/aromatic N) is 4. The van der Waals surface area contributed by atoms with Gasteiger partial charge in [0.15, 0.2) is 0 Å². The first-order valence-electron chi connectivity index (χ1n) is 5.86. The third kappa shape index (κ3) is 2.02. The van der Waals surface area contributed by atoms with Crippen LogP contribution < -0.4 is 5.32 Å². The molecule has 7 nitrogen and oxygen atoms in total. The van der Waals surface area contributed by atoms with E-state index in [1.807, 2.05) is 19.3 Å². The molecule has 0 amide bonds. The van der Waals surface area contributed by atoms with E-state index in [4.69, 9.17) is 9.26 Å². The summed E-state index contributed by atoms with van der Waals surface area (Å²) < 4.78 is 12.3. The van der Waals surface area contributed by atoms with Crippen molar-refractivity contribution < 1.29 is 9.26 Å². The van der Waals surface area contributed by atoms with Gasteiger partial charge in [-0.1, -0.05) is 5.16 Å². The van der Waals surface area contributed by atoms with Gasteiger partial charge in [0.2, 0.25) is 11.7 Å². The maximum atomic E-state index is 5.29. The molecule has 7 heteroatoms. The average molecular weight is 249 g/mol. The summed E-state index contributed by atoms with van der Waals surface area (Å²) in [6.45, 7) is 0.808. The largest absolute Gasteiger partial charge is 0.380 e. The molecule has 2 aromatic rings. The van der Waals surface area contributed by atoms with Crippen molar-refractivity contribution in [2.75, 3.05) is 13.7 Å². The third-order valence-electron chi connectivity index (χ3n) is 3.11. The summed E-state index contributed by atoms with van der Waals surface area (Å²) >= 11 is 0. The number of methoxy groups -OCH3 is 1. The van der Waals surface area contributed by atoms with Crippen LogP contribution in [0.5, 0.6) is 0 Å². The Kier molecular flexibility index (Phi) is 2.85. The molecule has 18 heavy (non-hydrogen) atoms. The van der Waals surface area contributed by atoms with E-state index in [2.05, 4.69) is 20.6 Å². The van der Waals surface area contributed by atoms with Gasteiger partial charge in [-0.15, -0.1) is 0 Å². The van der Waals surface area contributed by atoms with E-state index < -0.39 is 0 Å². The number of rotatable bonds is 3. The summed E-state index contributed by atoms with van der Waals surface area (Å²) in [5.41, 5.74) is 0.716. The second-order valence-electron chi connectivity index (χ2n) is 4.39. The fourth-order valence-electron chi connectivity index (χ4n) is 2.09. The lowest BCUT2D eigenvalue weighted by Crippen LogP contribution is -2.16. The number of hydrogen-bond acceptors (Lipinski definition) is 6. The van der Waals surface area contributed by atoms with Crippen LogP contribution in [0.1, 0.15) is 18.4 Å². The lowest BCUT2D eigenvalue weighted by molar-refractivity contribution is 0.116. The number of nitrogens with one attached hydrogen (secondary N) is 1. The summed E-state index contributed by atoms with van der Waals surface area (Å²) in [4.78, 5) is 4.37. The molecule has 2 atom stereocenters. The maximum Gasteiger partial charge on any atom is 0.244 e. The summed E-state index contributed by atoms with van der Waals surface area (Å²) in [5, 5.41) is 11.5. The van der Waals surface area contributed by atoms with Crippen LogP contribution in [0.15, 0.2) is 16.8 Å². The van der Waals surface area contributed by atoms with E-state index in [9.17, 15) is 0 Å². The molecule has 0 aliphatic carbocycles. The van der Waals surface area contributed by atoms with Crippen molar-refractivity contribution in [1.82, 2.24) is 25.2 Å². The van der Waals surface area contributed by atoms with E-state index in [-0.39, 0.29) is 12.1 Å². The van der Waals surface area contributed by atoms with Crippen molar-refractivity contribution in [3.63, 3.8) is 0 Å². The molecule has 0 radical (unpaired) electrons. The van der Waals surface area contributed by atoms with Crippen molar-refractivity contribution in [1.29, 1.82) is 0 Å². The first-order chi connectivity index (χ1) is 8.76. The van der Waals surface area contributed by atoms with Gasteiger partial charge in [-0.05, 0) is 12.5 Å². The second-order valence-corrected chi connectivity index (χ2v) is 4.39. The minimum Gasteiger partial charge on any atom is -0.380 e. The molecule has 1 saturated heterocycles. The molecular weight excluding hydrogens is 234 g/mol. The predicted octanol–water partition coefficient (Wildman–Crippen LogP) is 0.519. The minimum atomic E-state index is 0.0694. The van der Waals surface area contributed by atoms with Crippen molar-refractivity contribution in [2.24, 2.45) is 7.05 Å². The highest BCUT2D eigenvalue weighted by Gasteiger charge is 2.29. The van der Waals surface area contributed by atoms with E-state index >= 15 is 0 Å². The van der Waals surface area contributed by atoms with Crippen LogP contribution in [0.25, 0.3) is 11.5 Å². The van der Waals surface area contributed by atoms with Gasteiger partial charge in [-0.2, -0.15) is 10.1 Å². The van der Waals surface area contributed by atoms with Gasteiger partial charge in [-0.3, -0.25) is 4.68 Å². The number of aromatic nitrogens is 4. The van der Waals surface area contributed by atoms with Crippen LogP contribution in [0.3, 0.4) is 0 Å². The molecule has 96 valence electrons. The molecule has 0 unspecified atom stereocenters. The zero-order valence-electron chi connectivity index (χ0n) is 10.3. The fourth-order valence-corrected chi connectivity index (χ4v) is 2.09. The third-order valence-corrected chi connectivity index (χ3v) is 3.11. The Morgan fingerprint density at radius 2 is 2.44 bits per heavy atom. The first kappa shape index (κ1) is 11.4. The van der Waals surface area contributed by atoms with Gasteiger partial charge >= 0.3 is 0 Å². The van der Waals surface area contributed by atoms with Crippen LogP contribution in [0, 0.1) is 0 Å². The standard InChI is InChI=1S/C11H15N5O2/c1-16-4-3-8(14-16)10-13-11(18-15-10)9-5-7(17-2)6-12-9/h3-4,7,9,12H,5-6H2,1-2H3/t7-,9+/m0/s1. The molecule has 1 aliphatic rings. The molecule has 0 bridgehead atoms. The number of hydrogen-bond donors (Lipinski definition) is 1. The highest BCUT2D eigenvalue weighted by molar-refractivity contribution is 5.46. The molecule has 3 heterocycles. The molecular formula is C11H15N5O2. The second kappa shape index (κ2) is 4.51. The van der Waals surface area contributed by atoms with Gasteiger partial charge in [0.25, 0.3) is 0 Å². The van der Waals surface area contributed by atoms with Gasteiger partial charge in [0.05, 0.1) is 12.1 Å². The van der Waals surface area contributed by atoms with Gasteiger partial charge in [-0.25, -0.2) is 0 Å². The van der Waals surface area contributed by atoms with Crippen molar-refractivity contribution in [2.45, 2.75) is 18.6 Å². The highest BCUT2D eigenvalue weighted by atomic mass is 16.5. The topological polar surface area (TPSA) is 78.0 Å². The molecule has 0 saturated carbocycles. The van der Waals surface area contributed by atoms with E-state index in [0.29, 0.717) is 17.4 Å². The van der Waals surface area contributed by atoms with Crippen LogP contribution >= 0.6 is 0 Å². The number of ether oxygens (including phenoxy) is 1. The SMILES string of the molecule is CO[C@@H]1CN[C@@H](c2nc(-c3ccn(C)n3)no2)C1. The molecule has 1 N–H and O–H groups in total. The predicted molar refractivity (Wildman–Crippen MR) is 62.7 cm³/mol. The Bertz CT molecular complexity index is 535. The quantitative estimate of drug-likeness (QED) is 0.854. The monoisotopic (exact) mass is 249 g/mol. The van der Waals surface area contributed by atoms with E-state index in [1.54, 1.807) is 11.8 Å². The zero-order chi connectivity index (χ0) is 12.5. The van der Waals surface area contributed by atoms with Crippen LogP contribution in [-0.4, -0.2) is 39.7 Å². The van der Waals surface area contributed by atoms with Gasteiger partial charge in [0, 0.05) is 26.9 Å². The van der Waals surface area contributed by atoms with E-state index in [1.165, 1.54) is 0 Å². The van der Waals surface area contributed by atoms with Crippen molar-refractivity contribution in [3.05, 3.63) is 18.2 Å². The molecule has 3 rings (SSSR count). The Morgan fingerprint density at radius 3 is 3.11 bits per heavy atom. The van der Waals surface area contributed by atoms with Crippen LogP contribution in [0.2, 0.25) is 0 Å². The maximum absolute atomic E-state index is 5.29. The Hall–Kier alpha value is -1.73. The molecule has 0 spiro atoms. The smallest absolute Gasteiger partial charge is 0.244 e. The molecule has 1 aliphatic heterocycles. The van der Waals surface area contributed by atoms with Crippen molar-refractivity contribution in [3.8, 4) is 11.5 Å². The van der Waals surface area contributed by atoms with E-state index in [0.717, 1.165) is 13.0 Å². The lowest BCUT2D eigenvalue weighted by Gasteiger charge is -2.04. The van der Waals surface area contributed by atoms with Crippen LogP contribution in [0.4, 0.5) is 0 Å². The average Bonchev–Trinajstić information content (AvgIpc) is 3.07. The molecule has 0 aromatic carbocycles. The number of aryl methyl sites for hydroxylation is 1. The van der Waals surface area contributed by atoms with Crippen LogP contribution in [-0.2, 0) is 11.8 Å². The minimum absolute atomic E-state index is 0.0694. The highest BCUT2D eigenvalue weighted by Crippen LogP contribution is 2.24. The van der Waals surface area contributed by atoms with Gasteiger partial charge < -0.3 is 14.6 Å². The molecule has 2 aromatic heterocycles. The summed E-state index contributed by atoms with van der Waals surface area (Å²) in [6.07, 6.45) is 2.90. The summed E-state index contributed by atoms with van der Waals surface area (Å²) in [5.74, 6) is 1.11. The molecule has 1 fully saturated rings. The summed E-state index contributed by atoms with van der Waals surface area (Å²) in [6, 6.07) is 1.93. The zero-order valence-corrected chi connectivity index (χ0v) is 10.3. The Labute approximate surface area is 104 Å². The normalized spacial score (nSPS) is 23.7. The Morgan fingerprint density at radius 1 is 1.56 bits per heavy atom. The first-order valence-corrected chi connectivity index (χ1v) is 5.86. The van der Waals surface area contributed by atoms with Crippen molar-refractivity contribution >= 4 is 0 Å². The summed E-state index contributed by atoms with van der Waals surface area (Å²) in [7, 11) is 3.56. The van der Waals surface area contributed by atoms with Gasteiger partial charge in [0.1, 0.15) is 5.69 Å². The Balaban J connectivity index is 1.78.